The van der Waals surface area contributed by atoms with E-state index in [9.17, 15) is 4.79 Å². The average Bonchev–Trinajstić information content (AvgIpc) is 2.65. The third-order valence-corrected chi connectivity index (χ3v) is 2.22. The largest absolute Gasteiger partial charge is 0.383 e. The number of rotatable bonds is 4. The number of carbonyl (C=O) groups is 1. The van der Waals surface area contributed by atoms with Crippen molar-refractivity contribution >= 4 is 17.2 Å². The van der Waals surface area contributed by atoms with Crippen molar-refractivity contribution < 1.29 is 9.53 Å². The molecule has 5 heteroatoms. The average molecular weight is 200 g/mol. The molecule has 0 spiro atoms. The second-order valence-corrected chi connectivity index (χ2v) is 3.31. The molecular weight excluding hydrogens is 188 g/mol. The summed E-state index contributed by atoms with van der Waals surface area (Å²) in [5.74, 6) is -0.0571. The van der Waals surface area contributed by atoms with Gasteiger partial charge in [-0.2, -0.15) is 0 Å². The lowest BCUT2D eigenvalue weighted by atomic mass is 10.4. The molecule has 0 N–H and O–H groups in total. The van der Waals surface area contributed by atoms with Crippen LogP contribution >= 0.6 is 11.3 Å². The van der Waals surface area contributed by atoms with Gasteiger partial charge in [-0.1, -0.05) is 0 Å². The summed E-state index contributed by atoms with van der Waals surface area (Å²) < 4.78 is 4.87. The number of thiazole rings is 1. The molecule has 1 amide bonds. The first-order valence-electron chi connectivity index (χ1n) is 3.88. The summed E-state index contributed by atoms with van der Waals surface area (Å²) in [6.07, 6.45) is 0. The van der Waals surface area contributed by atoms with Crippen molar-refractivity contribution in [2.75, 3.05) is 27.3 Å². The van der Waals surface area contributed by atoms with Crippen LogP contribution < -0.4 is 0 Å². The normalized spacial score (nSPS) is 10.0. The Balaban J connectivity index is 2.48. The SMILES string of the molecule is COCCN(C)C(=O)c1cscn1. The highest BCUT2D eigenvalue weighted by atomic mass is 32.1. The maximum absolute atomic E-state index is 11.5. The highest BCUT2D eigenvalue weighted by Crippen LogP contribution is 2.03. The number of carbonyl (C=O) groups excluding carboxylic acids is 1. The molecule has 13 heavy (non-hydrogen) atoms. The number of nitrogens with zero attached hydrogens (tertiary/aromatic N) is 2. The van der Waals surface area contributed by atoms with Crippen LogP contribution in [0, 0.1) is 0 Å². The van der Waals surface area contributed by atoms with E-state index in [4.69, 9.17) is 4.74 Å². The Morgan fingerprint density at radius 1 is 1.77 bits per heavy atom. The van der Waals surface area contributed by atoms with Crippen LogP contribution in [-0.4, -0.2) is 43.1 Å². The number of likely N-dealkylation sites (N-methyl/N-ethyl adjacent to an activating group) is 1. The Morgan fingerprint density at radius 3 is 3.08 bits per heavy atom. The van der Waals surface area contributed by atoms with E-state index in [2.05, 4.69) is 4.98 Å². The molecule has 0 radical (unpaired) electrons. The maximum atomic E-state index is 11.5. The molecule has 0 aliphatic rings. The van der Waals surface area contributed by atoms with Crippen LogP contribution in [0.4, 0.5) is 0 Å². The van der Waals surface area contributed by atoms with Crippen molar-refractivity contribution in [1.29, 1.82) is 0 Å². The Hall–Kier alpha value is -0.940. The highest BCUT2D eigenvalue weighted by Gasteiger charge is 2.12. The molecule has 0 saturated heterocycles. The van der Waals surface area contributed by atoms with E-state index in [1.807, 2.05) is 0 Å². The van der Waals surface area contributed by atoms with Crippen LogP contribution in [0.25, 0.3) is 0 Å². The van der Waals surface area contributed by atoms with Gasteiger partial charge in [-0.3, -0.25) is 4.79 Å². The molecule has 0 bridgehead atoms. The first-order chi connectivity index (χ1) is 6.25. The van der Waals surface area contributed by atoms with E-state index in [1.54, 1.807) is 29.9 Å². The molecule has 1 aromatic rings. The minimum atomic E-state index is -0.0571. The van der Waals surface area contributed by atoms with Crippen LogP contribution in [0.15, 0.2) is 10.9 Å². The van der Waals surface area contributed by atoms with Gasteiger partial charge in [-0.05, 0) is 0 Å². The van der Waals surface area contributed by atoms with E-state index in [1.165, 1.54) is 11.3 Å². The Labute approximate surface area is 81.2 Å². The van der Waals surface area contributed by atoms with Gasteiger partial charge in [0.1, 0.15) is 5.69 Å². The molecule has 1 rings (SSSR count). The fourth-order valence-corrected chi connectivity index (χ4v) is 1.37. The fourth-order valence-electron chi connectivity index (χ4n) is 0.843. The number of hydrogen-bond donors (Lipinski definition) is 0. The summed E-state index contributed by atoms with van der Waals surface area (Å²) >= 11 is 1.42. The molecule has 0 aliphatic heterocycles. The number of ether oxygens (including phenoxy) is 1. The summed E-state index contributed by atoms with van der Waals surface area (Å²) in [5, 5.41) is 1.74. The monoisotopic (exact) mass is 200 g/mol. The second kappa shape index (κ2) is 4.94. The van der Waals surface area contributed by atoms with E-state index in [-0.39, 0.29) is 5.91 Å². The van der Waals surface area contributed by atoms with E-state index in [0.717, 1.165) is 0 Å². The zero-order valence-electron chi connectivity index (χ0n) is 7.69. The van der Waals surface area contributed by atoms with Crippen molar-refractivity contribution in [1.82, 2.24) is 9.88 Å². The second-order valence-electron chi connectivity index (χ2n) is 2.59. The predicted molar refractivity (Wildman–Crippen MR) is 51.0 cm³/mol. The van der Waals surface area contributed by atoms with Crippen molar-refractivity contribution in [2.45, 2.75) is 0 Å². The molecule has 1 heterocycles. The molecule has 4 nitrogen and oxygen atoms in total. The molecule has 72 valence electrons. The Bertz CT molecular complexity index is 261. The first kappa shape index (κ1) is 10.1. The minimum Gasteiger partial charge on any atom is -0.383 e. The smallest absolute Gasteiger partial charge is 0.273 e. The lowest BCUT2D eigenvalue weighted by Gasteiger charge is -2.14. The molecule has 0 aromatic carbocycles. The van der Waals surface area contributed by atoms with Crippen LogP contribution in [0.5, 0.6) is 0 Å². The molecule has 1 aromatic heterocycles. The molecule has 0 unspecified atom stereocenters. The summed E-state index contributed by atoms with van der Waals surface area (Å²) in [6.45, 7) is 1.14. The van der Waals surface area contributed by atoms with Crippen LogP contribution in [0.3, 0.4) is 0 Å². The van der Waals surface area contributed by atoms with Crippen molar-refractivity contribution in [3.63, 3.8) is 0 Å². The van der Waals surface area contributed by atoms with Crippen molar-refractivity contribution in [2.24, 2.45) is 0 Å². The number of methoxy groups -OCH3 is 1. The van der Waals surface area contributed by atoms with Gasteiger partial charge in [0.2, 0.25) is 0 Å². The zero-order valence-corrected chi connectivity index (χ0v) is 8.50. The standard InChI is InChI=1S/C8H12N2O2S/c1-10(3-4-12-2)8(11)7-5-13-6-9-7/h5-6H,3-4H2,1-2H3. The van der Waals surface area contributed by atoms with Gasteiger partial charge in [-0.25, -0.2) is 4.98 Å². The first-order valence-corrected chi connectivity index (χ1v) is 4.82. The summed E-state index contributed by atoms with van der Waals surface area (Å²) in [6, 6.07) is 0. The maximum Gasteiger partial charge on any atom is 0.273 e. The lowest BCUT2D eigenvalue weighted by Crippen LogP contribution is -2.30. The molecule has 0 saturated carbocycles. The quantitative estimate of drug-likeness (QED) is 0.724. The van der Waals surface area contributed by atoms with Crippen LogP contribution in [-0.2, 0) is 4.74 Å². The summed E-state index contributed by atoms with van der Waals surface area (Å²) in [7, 11) is 3.35. The van der Waals surface area contributed by atoms with Crippen molar-refractivity contribution in [3.8, 4) is 0 Å². The van der Waals surface area contributed by atoms with E-state index >= 15 is 0 Å². The van der Waals surface area contributed by atoms with Gasteiger partial charge in [0.25, 0.3) is 5.91 Å². The minimum absolute atomic E-state index is 0.0571. The van der Waals surface area contributed by atoms with Crippen LogP contribution in [0.1, 0.15) is 10.5 Å². The zero-order chi connectivity index (χ0) is 9.68. The van der Waals surface area contributed by atoms with Gasteiger partial charge in [0.15, 0.2) is 0 Å². The number of amides is 1. The van der Waals surface area contributed by atoms with E-state index < -0.39 is 0 Å². The predicted octanol–water partition coefficient (Wildman–Crippen LogP) is 0.862. The molecule has 0 aliphatic carbocycles. The molecular formula is C8H12N2O2S. The van der Waals surface area contributed by atoms with Crippen molar-refractivity contribution in [3.05, 3.63) is 16.6 Å². The summed E-state index contributed by atoms with van der Waals surface area (Å²) in [4.78, 5) is 17.1. The number of aromatic nitrogens is 1. The van der Waals surface area contributed by atoms with Gasteiger partial charge >= 0.3 is 0 Å². The van der Waals surface area contributed by atoms with Crippen LogP contribution in [0.2, 0.25) is 0 Å². The Kier molecular flexibility index (Phi) is 3.85. The fraction of sp³-hybridized carbons (Fsp3) is 0.500. The van der Waals surface area contributed by atoms with Gasteiger partial charge < -0.3 is 9.64 Å². The topological polar surface area (TPSA) is 42.4 Å². The Morgan fingerprint density at radius 2 is 2.54 bits per heavy atom. The lowest BCUT2D eigenvalue weighted by molar-refractivity contribution is 0.0739. The van der Waals surface area contributed by atoms with E-state index in [0.29, 0.717) is 18.8 Å². The highest BCUT2D eigenvalue weighted by molar-refractivity contribution is 7.07. The van der Waals surface area contributed by atoms with Gasteiger partial charge in [0, 0.05) is 26.1 Å². The van der Waals surface area contributed by atoms with Gasteiger partial charge in [-0.15, -0.1) is 11.3 Å². The molecule has 0 atom stereocenters. The van der Waals surface area contributed by atoms with Gasteiger partial charge in [0.05, 0.1) is 12.1 Å². The number of hydrogen-bond acceptors (Lipinski definition) is 4. The summed E-state index contributed by atoms with van der Waals surface area (Å²) in [5.41, 5.74) is 2.15. The third-order valence-electron chi connectivity index (χ3n) is 1.63. The molecule has 0 fully saturated rings. The third kappa shape index (κ3) is 2.78.